The summed E-state index contributed by atoms with van der Waals surface area (Å²) < 4.78 is 0.805. The van der Waals surface area contributed by atoms with Crippen molar-refractivity contribution in [2.45, 2.75) is 135 Å². The molecule has 0 aromatic heterocycles. The van der Waals surface area contributed by atoms with Crippen LogP contribution in [-0.2, 0) is 0 Å². The fourth-order valence-electron chi connectivity index (χ4n) is 4.19. The lowest BCUT2D eigenvalue weighted by atomic mass is 10.0. The second kappa shape index (κ2) is 21.9. The minimum atomic E-state index is -1.51. The molecule has 0 saturated carbocycles. The van der Waals surface area contributed by atoms with Gasteiger partial charge in [0.1, 0.15) is 0 Å². The van der Waals surface area contributed by atoms with Gasteiger partial charge in [-0.15, -0.1) is 0 Å². The van der Waals surface area contributed by atoms with Gasteiger partial charge >= 0.3 is 0 Å². The van der Waals surface area contributed by atoms with Gasteiger partial charge in [0.25, 0.3) is 0 Å². The maximum atomic E-state index is 10.2. The van der Waals surface area contributed by atoms with Gasteiger partial charge in [0.15, 0.2) is 5.79 Å². The Morgan fingerprint density at radius 1 is 0.581 bits per heavy atom. The van der Waals surface area contributed by atoms with E-state index < -0.39 is 5.79 Å². The van der Waals surface area contributed by atoms with Gasteiger partial charge in [-0.25, -0.2) is 0 Å². The first-order chi connectivity index (χ1) is 14.3. The van der Waals surface area contributed by atoms with Crippen molar-refractivity contribution in [3.05, 3.63) is 0 Å². The SMILES string of the molecule is CCCCCCCCCCCCCCCCCCC(O)(O)CC[N+](C)(C)CCCN.[Cl-]. The second-order valence-corrected chi connectivity index (χ2v) is 10.3. The van der Waals surface area contributed by atoms with E-state index in [2.05, 4.69) is 21.0 Å². The first-order valence-corrected chi connectivity index (χ1v) is 13.3. The highest BCUT2D eigenvalue weighted by Gasteiger charge is 2.26. The average Bonchev–Trinajstić information content (AvgIpc) is 2.71. The predicted molar refractivity (Wildman–Crippen MR) is 131 cm³/mol. The molecule has 0 rings (SSSR count). The minimum absolute atomic E-state index is 0. The molecule has 0 aromatic rings. The Hall–Kier alpha value is 0.130. The zero-order valence-electron chi connectivity index (χ0n) is 21.4. The van der Waals surface area contributed by atoms with Gasteiger partial charge in [-0.3, -0.25) is 0 Å². The molecule has 0 bridgehead atoms. The Labute approximate surface area is 201 Å². The summed E-state index contributed by atoms with van der Waals surface area (Å²) in [6.45, 7) is 4.75. The number of nitrogens with two attached hydrogens (primary N) is 1. The second-order valence-electron chi connectivity index (χ2n) is 10.3. The summed E-state index contributed by atoms with van der Waals surface area (Å²) in [5.41, 5.74) is 5.58. The Balaban J connectivity index is 0. The number of unbranched alkanes of at least 4 members (excludes halogenated alkanes) is 15. The Morgan fingerprint density at radius 3 is 1.35 bits per heavy atom. The standard InChI is InChI=1S/C26H57N2O2.ClH/c1-4-5-6-7-8-9-10-11-12-13-14-15-16-17-18-19-21-26(29,30)22-25-28(2,3)24-20-23-27;/h29-30H,4-25,27H2,1-3H3;1H/q+1;/p-1. The van der Waals surface area contributed by atoms with Gasteiger partial charge in [0.05, 0.1) is 33.6 Å². The number of halogens is 1. The lowest BCUT2D eigenvalue weighted by Crippen LogP contribution is -3.00. The fraction of sp³-hybridized carbons (Fsp3) is 1.00. The van der Waals surface area contributed by atoms with Crippen LogP contribution in [0.3, 0.4) is 0 Å². The van der Waals surface area contributed by atoms with Gasteiger partial charge in [0.2, 0.25) is 0 Å². The van der Waals surface area contributed by atoms with Gasteiger partial charge in [-0.05, 0) is 13.0 Å². The third kappa shape index (κ3) is 24.6. The van der Waals surface area contributed by atoms with Crippen molar-refractivity contribution in [3.8, 4) is 0 Å². The van der Waals surface area contributed by atoms with Crippen LogP contribution in [0.4, 0.5) is 0 Å². The number of rotatable bonds is 23. The third-order valence-electron chi connectivity index (χ3n) is 6.52. The lowest BCUT2D eigenvalue weighted by molar-refractivity contribution is -0.891. The van der Waals surface area contributed by atoms with E-state index in [1.54, 1.807) is 0 Å². The van der Waals surface area contributed by atoms with E-state index in [0.29, 0.717) is 19.4 Å². The van der Waals surface area contributed by atoms with E-state index in [0.717, 1.165) is 36.8 Å². The predicted octanol–water partition coefficient (Wildman–Crippen LogP) is 3.14. The van der Waals surface area contributed by atoms with Crippen LogP contribution in [-0.4, -0.2) is 54.2 Å². The summed E-state index contributed by atoms with van der Waals surface area (Å²) in [6.07, 6.45) is 23.4. The van der Waals surface area contributed by atoms with Crippen LogP contribution in [0.1, 0.15) is 129 Å². The van der Waals surface area contributed by atoms with Crippen molar-refractivity contribution in [1.82, 2.24) is 0 Å². The van der Waals surface area contributed by atoms with Gasteiger partial charge in [-0.2, -0.15) is 0 Å². The average molecular weight is 465 g/mol. The van der Waals surface area contributed by atoms with E-state index in [9.17, 15) is 10.2 Å². The van der Waals surface area contributed by atoms with Crippen LogP contribution < -0.4 is 18.1 Å². The maximum absolute atomic E-state index is 10.2. The number of hydrogen-bond acceptors (Lipinski definition) is 3. The minimum Gasteiger partial charge on any atom is -1.00 e. The summed E-state index contributed by atoms with van der Waals surface area (Å²) in [7, 11) is 4.28. The van der Waals surface area contributed by atoms with Crippen LogP contribution in [0.5, 0.6) is 0 Å². The van der Waals surface area contributed by atoms with Crippen LogP contribution in [0, 0.1) is 0 Å². The number of aliphatic hydroxyl groups is 2. The molecule has 4 N–H and O–H groups in total. The number of hydrogen-bond donors (Lipinski definition) is 3. The highest BCUT2D eigenvalue weighted by molar-refractivity contribution is 4.65. The fourth-order valence-corrected chi connectivity index (χ4v) is 4.19. The molecule has 0 heterocycles. The van der Waals surface area contributed by atoms with Crippen molar-refractivity contribution >= 4 is 0 Å². The van der Waals surface area contributed by atoms with Gasteiger partial charge < -0.3 is 32.8 Å². The zero-order chi connectivity index (χ0) is 22.6. The van der Waals surface area contributed by atoms with Crippen LogP contribution in [0.2, 0.25) is 0 Å². The lowest BCUT2D eigenvalue weighted by Gasteiger charge is -2.32. The topological polar surface area (TPSA) is 66.5 Å². The summed E-state index contributed by atoms with van der Waals surface area (Å²) >= 11 is 0. The molecular formula is C26H57ClN2O2. The summed E-state index contributed by atoms with van der Waals surface area (Å²) in [4.78, 5) is 0. The molecule has 0 aliphatic carbocycles. The molecule has 0 fully saturated rings. The smallest absolute Gasteiger partial charge is 0.167 e. The highest BCUT2D eigenvalue weighted by atomic mass is 35.5. The normalized spacial score (nSPS) is 12.2. The van der Waals surface area contributed by atoms with E-state index in [1.165, 1.54) is 89.9 Å². The molecule has 0 aliphatic heterocycles. The van der Waals surface area contributed by atoms with Crippen LogP contribution in [0.15, 0.2) is 0 Å². The molecule has 4 nitrogen and oxygen atoms in total. The molecule has 0 amide bonds. The molecule has 0 atom stereocenters. The first-order valence-electron chi connectivity index (χ1n) is 13.3. The Bertz CT molecular complexity index is 365. The van der Waals surface area contributed by atoms with Gasteiger partial charge in [0, 0.05) is 12.8 Å². The molecule has 0 unspecified atom stereocenters. The molecule has 0 aliphatic rings. The maximum Gasteiger partial charge on any atom is 0.167 e. The van der Waals surface area contributed by atoms with Crippen molar-refractivity contribution in [2.75, 3.05) is 33.7 Å². The van der Waals surface area contributed by atoms with E-state index in [-0.39, 0.29) is 12.4 Å². The molecule has 0 spiro atoms. The van der Waals surface area contributed by atoms with Gasteiger partial charge in [-0.1, -0.05) is 103 Å². The number of nitrogens with zero attached hydrogens (tertiary/aromatic N) is 1. The molecule has 5 heteroatoms. The Kier molecular flexibility index (Phi) is 23.6. The molecule has 31 heavy (non-hydrogen) atoms. The largest absolute Gasteiger partial charge is 1.00 e. The molecular weight excluding hydrogens is 408 g/mol. The molecule has 0 aromatic carbocycles. The monoisotopic (exact) mass is 464 g/mol. The quantitative estimate of drug-likeness (QED) is 0.124. The summed E-state index contributed by atoms with van der Waals surface area (Å²) in [5, 5.41) is 20.5. The van der Waals surface area contributed by atoms with Crippen molar-refractivity contribution in [2.24, 2.45) is 5.73 Å². The van der Waals surface area contributed by atoms with Crippen LogP contribution in [0.25, 0.3) is 0 Å². The highest BCUT2D eigenvalue weighted by Crippen LogP contribution is 2.19. The summed E-state index contributed by atoms with van der Waals surface area (Å²) in [5.74, 6) is -1.51. The van der Waals surface area contributed by atoms with Crippen molar-refractivity contribution in [3.63, 3.8) is 0 Å². The zero-order valence-corrected chi connectivity index (χ0v) is 22.1. The van der Waals surface area contributed by atoms with E-state index in [4.69, 9.17) is 5.73 Å². The Morgan fingerprint density at radius 2 is 0.968 bits per heavy atom. The van der Waals surface area contributed by atoms with E-state index >= 15 is 0 Å². The summed E-state index contributed by atoms with van der Waals surface area (Å²) in [6, 6.07) is 0. The molecule has 0 radical (unpaired) electrons. The van der Waals surface area contributed by atoms with Crippen molar-refractivity contribution in [1.29, 1.82) is 0 Å². The van der Waals surface area contributed by atoms with E-state index in [1.807, 2.05) is 0 Å². The molecule has 0 saturated heterocycles. The van der Waals surface area contributed by atoms with Crippen LogP contribution >= 0.6 is 0 Å². The first kappa shape index (κ1) is 33.3. The number of quaternary nitrogens is 1. The van der Waals surface area contributed by atoms with Crippen molar-refractivity contribution < 1.29 is 27.1 Å². The molecule has 190 valence electrons. The third-order valence-corrected chi connectivity index (χ3v) is 6.52.